The standard InChI is InChI=1S/C33H43N3O4S/c1-7-9-17-34-33(38)31(8-2)35(22-28-12-10-11-25(4)19-28)32(37)23-36(29-20-26(5)18-27(6)21-29)41(39,40)30-15-13-24(3)14-16-30/h10-16,18-21,31H,7-9,17,22-23H2,1-6H3,(H,34,38)/t31-/m1/s1. The van der Waals surface area contributed by atoms with Crippen LogP contribution in [0.5, 0.6) is 0 Å². The van der Waals surface area contributed by atoms with Gasteiger partial charge in [0.25, 0.3) is 10.0 Å². The first-order valence-electron chi connectivity index (χ1n) is 14.3. The fourth-order valence-corrected chi connectivity index (χ4v) is 6.29. The number of hydrogen-bond acceptors (Lipinski definition) is 4. The normalized spacial score (nSPS) is 12.0. The molecule has 0 spiro atoms. The molecule has 2 amide bonds. The number of carbonyl (C=O) groups is 2. The number of hydrogen-bond donors (Lipinski definition) is 1. The van der Waals surface area contributed by atoms with Crippen LogP contribution in [0, 0.1) is 27.7 Å². The van der Waals surface area contributed by atoms with E-state index in [2.05, 4.69) is 5.32 Å². The van der Waals surface area contributed by atoms with Gasteiger partial charge in [0.2, 0.25) is 11.8 Å². The largest absolute Gasteiger partial charge is 0.354 e. The van der Waals surface area contributed by atoms with Crippen molar-refractivity contribution in [2.45, 2.75) is 78.3 Å². The molecule has 0 saturated carbocycles. The van der Waals surface area contributed by atoms with E-state index in [0.717, 1.165) is 40.7 Å². The van der Waals surface area contributed by atoms with Gasteiger partial charge in [-0.2, -0.15) is 0 Å². The number of rotatable bonds is 13. The minimum atomic E-state index is -4.10. The smallest absolute Gasteiger partial charge is 0.264 e. The van der Waals surface area contributed by atoms with Crippen molar-refractivity contribution in [3.63, 3.8) is 0 Å². The summed E-state index contributed by atoms with van der Waals surface area (Å²) >= 11 is 0. The van der Waals surface area contributed by atoms with Gasteiger partial charge in [0, 0.05) is 13.1 Å². The SMILES string of the molecule is CCCCNC(=O)[C@@H](CC)N(Cc1cccc(C)c1)C(=O)CN(c1cc(C)cc(C)c1)S(=O)(=O)c1ccc(C)cc1. The molecule has 7 nitrogen and oxygen atoms in total. The highest BCUT2D eigenvalue weighted by Crippen LogP contribution is 2.27. The van der Waals surface area contributed by atoms with Crippen LogP contribution in [0.3, 0.4) is 0 Å². The Kier molecular flexibility index (Phi) is 11.1. The predicted octanol–water partition coefficient (Wildman–Crippen LogP) is 5.84. The first-order chi connectivity index (χ1) is 19.5. The molecular weight excluding hydrogens is 534 g/mol. The van der Waals surface area contributed by atoms with Crippen LogP contribution < -0.4 is 9.62 Å². The van der Waals surface area contributed by atoms with Gasteiger partial charge in [-0.25, -0.2) is 8.42 Å². The first-order valence-corrected chi connectivity index (χ1v) is 15.7. The number of nitrogens with one attached hydrogen (secondary N) is 1. The van der Waals surface area contributed by atoms with Crippen molar-refractivity contribution < 1.29 is 18.0 Å². The third-order valence-electron chi connectivity index (χ3n) is 7.03. The zero-order valence-electron chi connectivity index (χ0n) is 25.1. The predicted molar refractivity (Wildman–Crippen MR) is 165 cm³/mol. The number of benzene rings is 3. The summed E-state index contributed by atoms with van der Waals surface area (Å²) in [5.74, 6) is -0.680. The Hall–Kier alpha value is -3.65. The van der Waals surface area contributed by atoms with Gasteiger partial charge in [-0.05, 0) is 81.5 Å². The van der Waals surface area contributed by atoms with E-state index < -0.39 is 28.5 Å². The minimum absolute atomic E-state index is 0.102. The number of aryl methyl sites for hydroxylation is 4. The highest BCUT2D eigenvalue weighted by atomic mass is 32.2. The van der Waals surface area contributed by atoms with E-state index in [1.54, 1.807) is 36.4 Å². The van der Waals surface area contributed by atoms with E-state index in [1.165, 1.54) is 9.21 Å². The minimum Gasteiger partial charge on any atom is -0.354 e. The third-order valence-corrected chi connectivity index (χ3v) is 8.82. The molecule has 0 bridgehead atoms. The molecule has 0 aromatic heterocycles. The van der Waals surface area contributed by atoms with Crippen LogP contribution in [0.25, 0.3) is 0 Å². The summed E-state index contributed by atoms with van der Waals surface area (Å²) in [5, 5.41) is 2.96. The van der Waals surface area contributed by atoms with E-state index in [4.69, 9.17) is 0 Å². The number of carbonyl (C=O) groups excluding carboxylic acids is 2. The maximum absolute atomic E-state index is 14.2. The summed E-state index contributed by atoms with van der Waals surface area (Å²) < 4.78 is 29.3. The van der Waals surface area contributed by atoms with E-state index in [9.17, 15) is 18.0 Å². The van der Waals surface area contributed by atoms with Gasteiger partial charge in [-0.1, -0.05) is 73.9 Å². The van der Waals surface area contributed by atoms with Gasteiger partial charge in [0.05, 0.1) is 10.6 Å². The molecule has 0 aliphatic carbocycles. The van der Waals surface area contributed by atoms with Crippen LogP contribution in [-0.4, -0.2) is 44.3 Å². The molecular formula is C33H43N3O4S. The Labute approximate surface area is 245 Å². The molecule has 3 aromatic rings. The van der Waals surface area contributed by atoms with Crippen LogP contribution in [0.1, 0.15) is 60.9 Å². The van der Waals surface area contributed by atoms with Gasteiger partial charge in [-0.15, -0.1) is 0 Å². The summed E-state index contributed by atoms with van der Waals surface area (Å²) in [4.78, 5) is 29.1. The van der Waals surface area contributed by atoms with Crippen LogP contribution >= 0.6 is 0 Å². The first kappa shape index (κ1) is 31.9. The Morgan fingerprint density at radius 2 is 1.49 bits per heavy atom. The van der Waals surface area contributed by atoms with E-state index in [-0.39, 0.29) is 17.3 Å². The lowest BCUT2D eigenvalue weighted by Crippen LogP contribution is -2.52. The molecule has 1 atom stereocenters. The van der Waals surface area contributed by atoms with Gasteiger partial charge in [0.1, 0.15) is 12.6 Å². The Bertz CT molecular complexity index is 1430. The number of amides is 2. The zero-order valence-corrected chi connectivity index (χ0v) is 25.9. The molecule has 0 saturated heterocycles. The van der Waals surface area contributed by atoms with Crippen molar-refractivity contribution in [2.75, 3.05) is 17.4 Å². The monoisotopic (exact) mass is 577 g/mol. The maximum Gasteiger partial charge on any atom is 0.264 e. The van der Waals surface area contributed by atoms with E-state index in [1.807, 2.05) is 71.9 Å². The summed E-state index contributed by atoms with van der Waals surface area (Å²) in [6, 6.07) is 19.1. The average Bonchev–Trinajstić information content (AvgIpc) is 2.91. The second-order valence-electron chi connectivity index (χ2n) is 10.7. The Balaban J connectivity index is 2.07. The van der Waals surface area contributed by atoms with Crippen LogP contribution in [0.4, 0.5) is 5.69 Å². The quantitative estimate of drug-likeness (QED) is 0.259. The molecule has 8 heteroatoms. The molecule has 0 unspecified atom stereocenters. The maximum atomic E-state index is 14.2. The van der Waals surface area contributed by atoms with E-state index >= 15 is 0 Å². The molecule has 0 fully saturated rings. The highest BCUT2D eigenvalue weighted by molar-refractivity contribution is 7.92. The third kappa shape index (κ3) is 8.43. The van der Waals surface area contributed by atoms with Crippen LogP contribution in [0.15, 0.2) is 71.6 Å². The Morgan fingerprint density at radius 3 is 2.07 bits per heavy atom. The molecule has 0 heterocycles. The lowest BCUT2D eigenvalue weighted by atomic mass is 10.1. The zero-order chi connectivity index (χ0) is 30.2. The second kappa shape index (κ2) is 14.3. The summed E-state index contributed by atoms with van der Waals surface area (Å²) in [6.07, 6.45) is 2.16. The molecule has 3 rings (SSSR count). The number of unbranched alkanes of at least 4 members (excludes halogenated alkanes) is 1. The summed E-state index contributed by atoms with van der Waals surface area (Å²) in [5.41, 5.74) is 5.02. The number of sulfonamides is 1. The second-order valence-corrected chi connectivity index (χ2v) is 12.6. The lowest BCUT2D eigenvalue weighted by molar-refractivity contribution is -0.140. The molecule has 0 radical (unpaired) electrons. The van der Waals surface area contributed by atoms with Crippen molar-refractivity contribution in [1.82, 2.24) is 10.2 Å². The molecule has 3 aromatic carbocycles. The molecule has 220 valence electrons. The average molecular weight is 578 g/mol. The van der Waals surface area contributed by atoms with Gasteiger partial charge in [0.15, 0.2) is 0 Å². The van der Waals surface area contributed by atoms with Crippen molar-refractivity contribution in [3.8, 4) is 0 Å². The fraction of sp³-hybridized carbons (Fsp3) is 0.394. The topological polar surface area (TPSA) is 86.8 Å². The van der Waals surface area contributed by atoms with Gasteiger partial charge in [-0.3, -0.25) is 13.9 Å². The summed E-state index contributed by atoms with van der Waals surface area (Å²) in [6.45, 7) is 11.8. The number of anilines is 1. The van der Waals surface area contributed by atoms with Crippen molar-refractivity contribution in [1.29, 1.82) is 0 Å². The summed E-state index contributed by atoms with van der Waals surface area (Å²) in [7, 11) is -4.10. The van der Waals surface area contributed by atoms with Crippen LogP contribution in [-0.2, 0) is 26.2 Å². The molecule has 1 N–H and O–H groups in total. The van der Waals surface area contributed by atoms with Gasteiger partial charge >= 0.3 is 0 Å². The highest BCUT2D eigenvalue weighted by Gasteiger charge is 2.33. The molecule has 0 aliphatic rings. The molecule has 0 aliphatic heterocycles. The van der Waals surface area contributed by atoms with Gasteiger partial charge < -0.3 is 10.2 Å². The lowest BCUT2D eigenvalue weighted by Gasteiger charge is -2.33. The van der Waals surface area contributed by atoms with Crippen molar-refractivity contribution >= 4 is 27.5 Å². The van der Waals surface area contributed by atoms with E-state index in [0.29, 0.717) is 18.7 Å². The molecule has 41 heavy (non-hydrogen) atoms. The number of nitrogens with zero attached hydrogens (tertiary/aromatic N) is 2. The Morgan fingerprint density at radius 1 is 0.829 bits per heavy atom. The fourth-order valence-electron chi connectivity index (χ4n) is 4.89. The van der Waals surface area contributed by atoms with Crippen molar-refractivity contribution in [2.24, 2.45) is 0 Å². The van der Waals surface area contributed by atoms with Crippen LogP contribution in [0.2, 0.25) is 0 Å². The van der Waals surface area contributed by atoms with Crippen molar-refractivity contribution in [3.05, 3.63) is 94.5 Å².